The van der Waals surface area contributed by atoms with E-state index in [2.05, 4.69) is 45.4 Å². The van der Waals surface area contributed by atoms with E-state index in [1.807, 2.05) is 30.1 Å². The third-order valence-corrected chi connectivity index (χ3v) is 4.73. The number of nitrogens with one attached hydrogen (secondary N) is 1. The Bertz CT molecular complexity index is 626. The molecule has 2 unspecified atom stereocenters. The molecule has 0 fully saturated rings. The molecule has 0 aliphatic carbocycles. The number of hydrogen-bond donors (Lipinski definition) is 1. The minimum absolute atomic E-state index is 0.218. The molecule has 1 aliphatic rings. The maximum Gasteiger partial charge on any atom is 0.122 e. The molecule has 2 aromatic rings. The quantitative estimate of drug-likeness (QED) is 0.921. The molecule has 4 nitrogen and oxygen atoms in total. The zero-order valence-corrected chi connectivity index (χ0v) is 13.9. The first-order valence-electron chi connectivity index (χ1n) is 7.33. The summed E-state index contributed by atoms with van der Waals surface area (Å²) >= 11 is 3.63. The summed E-state index contributed by atoms with van der Waals surface area (Å²) in [6.45, 7) is 3.70. The molecule has 2 heterocycles. The number of fused-ring (bicyclic) bond motifs is 1. The van der Waals surface area contributed by atoms with Gasteiger partial charge in [0.2, 0.25) is 0 Å². The van der Waals surface area contributed by atoms with Crippen molar-refractivity contribution in [2.45, 2.75) is 25.9 Å². The lowest BCUT2D eigenvalue weighted by Crippen LogP contribution is -2.35. The second kappa shape index (κ2) is 6.20. The molecule has 1 N–H and O–H groups in total. The van der Waals surface area contributed by atoms with Crippen LogP contribution >= 0.6 is 15.9 Å². The van der Waals surface area contributed by atoms with Crippen molar-refractivity contribution >= 4 is 15.9 Å². The van der Waals surface area contributed by atoms with Crippen LogP contribution in [0.25, 0.3) is 0 Å². The van der Waals surface area contributed by atoms with Gasteiger partial charge in [0.1, 0.15) is 5.75 Å². The van der Waals surface area contributed by atoms with Gasteiger partial charge in [-0.3, -0.25) is 4.68 Å². The molecule has 0 saturated carbocycles. The van der Waals surface area contributed by atoms with Crippen LogP contribution < -0.4 is 10.1 Å². The fourth-order valence-corrected chi connectivity index (χ4v) is 3.64. The summed E-state index contributed by atoms with van der Waals surface area (Å²) in [4.78, 5) is 0. The van der Waals surface area contributed by atoms with E-state index in [4.69, 9.17) is 4.74 Å². The number of halogens is 1. The zero-order valence-electron chi connectivity index (χ0n) is 12.3. The maximum absolute atomic E-state index is 5.95. The SMILES string of the molecule is CCn1ncc(Br)c1C(NC)C1COc2ccccc2C1. The van der Waals surface area contributed by atoms with E-state index in [9.17, 15) is 0 Å². The first-order valence-corrected chi connectivity index (χ1v) is 8.13. The van der Waals surface area contributed by atoms with Crippen molar-refractivity contribution in [1.82, 2.24) is 15.1 Å². The summed E-state index contributed by atoms with van der Waals surface area (Å²) < 4.78 is 9.05. The highest BCUT2D eigenvalue weighted by Gasteiger charge is 2.31. The van der Waals surface area contributed by atoms with Crippen molar-refractivity contribution in [3.8, 4) is 5.75 Å². The van der Waals surface area contributed by atoms with E-state index in [0.717, 1.165) is 29.8 Å². The lowest BCUT2D eigenvalue weighted by atomic mass is 9.88. The number of para-hydroxylation sites is 1. The summed E-state index contributed by atoms with van der Waals surface area (Å²) in [5.74, 6) is 1.41. The van der Waals surface area contributed by atoms with Gasteiger partial charge in [0.25, 0.3) is 0 Å². The number of benzene rings is 1. The number of rotatable bonds is 4. The van der Waals surface area contributed by atoms with E-state index in [0.29, 0.717) is 5.92 Å². The minimum Gasteiger partial charge on any atom is -0.493 e. The standard InChI is InChI=1S/C16H20BrN3O/c1-3-20-16(13(17)9-19-20)15(18-2)12-8-11-6-4-5-7-14(11)21-10-12/h4-7,9,12,15,18H,3,8,10H2,1-2H3. The maximum atomic E-state index is 5.95. The van der Waals surface area contributed by atoms with Crippen LogP contribution in [-0.2, 0) is 13.0 Å². The largest absolute Gasteiger partial charge is 0.493 e. The van der Waals surface area contributed by atoms with E-state index < -0.39 is 0 Å². The van der Waals surface area contributed by atoms with Gasteiger partial charge in [-0.2, -0.15) is 5.10 Å². The highest BCUT2D eigenvalue weighted by Crippen LogP contribution is 2.35. The average Bonchev–Trinajstić information content (AvgIpc) is 2.89. The molecule has 1 aromatic carbocycles. The summed E-state index contributed by atoms with van der Waals surface area (Å²) in [5, 5.41) is 7.88. The Labute approximate surface area is 133 Å². The Balaban J connectivity index is 1.90. The molecular formula is C16H20BrN3O. The fourth-order valence-electron chi connectivity index (χ4n) is 3.09. The van der Waals surface area contributed by atoms with Crippen molar-refractivity contribution in [1.29, 1.82) is 0 Å². The van der Waals surface area contributed by atoms with Crippen LogP contribution in [0.5, 0.6) is 5.75 Å². The van der Waals surface area contributed by atoms with Gasteiger partial charge in [-0.25, -0.2) is 0 Å². The topological polar surface area (TPSA) is 39.1 Å². The molecule has 5 heteroatoms. The molecule has 0 bridgehead atoms. The minimum atomic E-state index is 0.218. The van der Waals surface area contributed by atoms with Gasteiger partial charge in [-0.1, -0.05) is 18.2 Å². The van der Waals surface area contributed by atoms with Gasteiger partial charge in [-0.15, -0.1) is 0 Å². The van der Waals surface area contributed by atoms with E-state index in [1.54, 1.807) is 0 Å². The van der Waals surface area contributed by atoms with Crippen molar-refractivity contribution in [3.05, 3.63) is 46.2 Å². The number of ether oxygens (including phenoxy) is 1. The molecule has 0 spiro atoms. The van der Waals surface area contributed by atoms with Crippen LogP contribution in [-0.4, -0.2) is 23.4 Å². The second-order valence-corrected chi connectivity index (χ2v) is 6.20. The van der Waals surface area contributed by atoms with Crippen LogP contribution in [0.1, 0.15) is 24.2 Å². The molecule has 112 valence electrons. The van der Waals surface area contributed by atoms with Crippen LogP contribution in [0.3, 0.4) is 0 Å². The fraction of sp³-hybridized carbons (Fsp3) is 0.438. The molecule has 1 aromatic heterocycles. The summed E-state index contributed by atoms with van der Waals surface area (Å²) in [5.41, 5.74) is 2.49. The lowest BCUT2D eigenvalue weighted by molar-refractivity contribution is 0.184. The third kappa shape index (κ3) is 2.72. The molecule has 2 atom stereocenters. The monoisotopic (exact) mass is 349 g/mol. The normalized spacial score (nSPS) is 18.9. The molecule has 0 amide bonds. The van der Waals surface area contributed by atoms with Crippen LogP contribution in [0, 0.1) is 5.92 Å². The van der Waals surface area contributed by atoms with Gasteiger partial charge in [-0.05, 0) is 48.0 Å². The molecule has 21 heavy (non-hydrogen) atoms. The van der Waals surface area contributed by atoms with Crippen molar-refractivity contribution < 1.29 is 4.74 Å². The van der Waals surface area contributed by atoms with E-state index >= 15 is 0 Å². The first kappa shape index (κ1) is 14.6. The van der Waals surface area contributed by atoms with Gasteiger partial charge in [0, 0.05) is 12.5 Å². The molecule has 1 aliphatic heterocycles. The Morgan fingerprint density at radius 3 is 3.05 bits per heavy atom. The van der Waals surface area contributed by atoms with Gasteiger partial charge >= 0.3 is 0 Å². The van der Waals surface area contributed by atoms with Gasteiger partial charge < -0.3 is 10.1 Å². The van der Waals surface area contributed by atoms with Crippen molar-refractivity contribution in [2.75, 3.05) is 13.7 Å². The van der Waals surface area contributed by atoms with Crippen LogP contribution in [0.15, 0.2) is 34.9 Å². The van der Waals surface area contributed by atoms with E-state index in [-0.39, 0.29) is 6.04 Å². The molecule has 0 saturated heterocycles. The molecular weight excluding hydrogens is 330 g/mol. The van der Waals surface area contributed by atoms with Crippen LogP contribution in [0.4, 0.5) is 0 Å². The number of nitrogens with zero attached hydrogens (tertiary/aromatic N) is 2. The Morgan fingerprint density at radius 1 is 1.48 bits per heavy atom. The van der Waals surface area contributed by atoms with Gasteiger partial charge in [0.05, 0.1) is 29.0 Å². The smallest absolute Gasteiger partial charge is 0.122 e. The molecule has 3 rings (SSSR count). The van der Waals surface area contributed by atoms with Crippen molar-refractivity contribution in [2.24, 2.45) is 5.92 Å². The average molecular weight is 350 g/mol. The first-order chi connectivity index (χ1) is 10.2. The predicted molar refractivity (Wildman–Crippen MR) is 86.5 cm³/mol. The molecule has 0 radical (unpaired) electrons. The van der Waals surface area contributed by atoms with Gasteiger partial charge in [0.15, 0.2) is 0 Å². The highest BCUT2D eigenvalue weighted by atomic mass is 79.9. The summed E-state index contributed by atoms with van der Waals surface area (Å²) in [6.07, 6.45) is 2.89. The lowest BCUT2D eigenvalue weighted by Gasteiger charge is -2.32. The Morgan fingerprint density at radius 2 is 2.29 bits per heavy atom. The number of aryl methyl sites for hydroxylation is 1. The predicted octanol–water partition coefficient (Wildman–Crippen LogP) is 3.18. The van der Waals surface area contributed by atoms with Crippen LogP contribution in [0.2, 0.25) is 0 Å². The number of aromatic nitrogens is 2. The second-order valence-electron chi connectivity index (χ2n) is 5.34. The van der Waals surface area contributed by atoms with Crippen molar-refractivity contribution in [3.63, 3.8) is 0 Å². The summed E-state index contributed by atoms with van der Waals surface area (Å²) in [7, 11) is 2.00. The Kier molecular flexibility index (Phi) is 4.31. The number of hydrogen-bond acceptors (Lipinski definition) is 3. The Hall–Kier alpha value is -1.33. The highest BCUT2D eigenvalue weighted by molar-refractivity contribution is 9.10. The zero-order chi connectivity index (χ0) is 14.8. The summed E-state index contributed by atoms with van der Waals surface area (Å²) in [6, 6.07) is 8.52. The third-order valence-electron chi connectivity index (χ3n) is 4.12. The van der Waals surface area contributed by atoms with E-state index in [1.165, 1.54) is 11.3 Å².